The fourth-order valence-electron chi connectivity index (χ4n) is 2.72. The summed E-state index contributed by atoms with van der Waals surface area (Å²) in [5.74, 6) is 0.0385. The summed E-state index contributed by atoms with van der Waals surface area (Å²) in [4.78, 5) is 14.4. The number of aliphatic hydroxyl groups excluding tert-OH is 1. The molecule has 0 saturated heterocycles. The molecule has 1 aliphatic rings. The fourth-order valence-corrected chi connectivity index (χ4v) is 2.96. The Kier molecular flexibility index (Phi) is 4.99. The SMILES string of the molecule is Cc1cc(C(=O)N(CCO)C2CCCC2)ccc1Br. The molecule has 0 aromatic heterocycles. The highest BCUT2D eigenvalue weighted by Crippen LogP contribution is 2.25. The molecule has 1 aliphatic carbocycles. The monoisotopic (exact) mass is 325 g/mol. The number of hydrogen-bond donors (Lipinski definition) is 1. The predicted octanol–water partition coefficient (Wildman–Crippen LogP) is 3.13. The van der Waals surface area contributed by atoms with Crippen molar-refractivity contribution in [2.45, 2.75) is 38.6 Å². The number of rotatable bonds is 4. The van der Waals surface area contributed by atoms with Crippen molar-refractivity contribution in [3.05, 3.63) is 33.8 Å². The van der Waals surface area contributed by atoms with Crippen LogP contribution in [0.15, 0.2) is 22.7 Å². The first kappa shape index (κ1) is 14.5. The van der Waals surface area contributed by atoms with Crippen molar-refractivity contribution in [2.24, 2.45) is 0 Å². The van der Waals surface area contributed by atoms with Crippen LogP contribution in [0.4, 0.5) is 0 Å². The van der Waals surface area contributed by atoms with E-state index in [1.165, 1.54) is 12.8 Å². The van der Waals surface area contributed by atoms with Crippen molar-refractivity contribution < 1.29 is 9.90 Å². The Labute approximate surface area is 122 Å². The van der Waals surface area contributed by atoms with Gasteiger partial charge in [0.1, 0.15) is 0 Å². The zero-order valence-electron chi connectivity index (χ0n) is 11.2. The molecule has 104 valence electrons. The summed E-state index contributed by atoms with van der Waals surface area (Å²) in [6, 6.07) is 5.96. The van der Waals surface area contributed by atoms with Gasteiger partial charge in [-0.3, -0.25) is 4.79 Å². The number of hydrogen-bond acceptors (Lipinski definition) is 2. The largest absolute Gasteiger partial charge is 0.395 e. The number of halogens is 1. The van der Waals surface area contributed by atoms with Crippen LogP contribution in [0.5, 0.6) is 0 Å². The lowest BCUT2D eigenvalue weighted by atomic mass is 10.1. The molecule has 1 aromatic carbocycles. The zero-order valence-corrected chi connectivity index (χ0v) is 12.8. The van der Waals surface area contributed by atoms with E-state index in [2.05, 4.69) is 15.9 Å². The number of carbonyl (C=O) groups is 1. The topological polar surface area (TPSA) is 40.5 Å². The minimum Gasteiger partial charge on any atom is -0.395 e. The van der Waals surface area contributed by atoms with Crippen molar-refractivity contribution in [1.82, 2.24) is 4.90 Å². The van der Waals surface area contributed by atoms with Gasteiger partial charge in [-0.2, -0.15) is 0 Å². The van der Waals surface area contributed by atoms with Crippen LogP contribution in [0.1, 0.15) is 41.6 Å². The minimum atomic E-state index is 0.0255. The molecule has 3 nitrogen and oxygen atoms in total. The van der Waals surface area contributed by atoms with E-state index in [9.17, 15) is 9.90 Å². The maximum atomic E-state index is 12.6. The quantitative estimate of drug-likeness (QED) is 0.923. The third-order valence-corrected chi connectivity index (χ3v) is 4.66. The number of nitrogens with zero attached hydrogens (tertiary/aromatic N) is 1. The van der Waals surface area contributed by atoms with Crippen LogP contribution in [0.25, 0.3) is 0 Å². The second-order valence-electron chi connectivity index (χ2n) is 5.12. The molecular formula is C15H20BrNO2. The van der Waals surface area contributed by atoms with E-state index in [-0.39, 0.29) is 12.5 Å². The zero-order chi connectivity index (χ0) is 13.8. The van der Waals surface area contributed by atoms with Gasteiger partial charge in [-0.25, -0.2) is 0 Å². The third-order valence-electron chi connectivity index (χ3n) is 3.77. The van der Waals surface area contributed by atoms with Gasteiger partial charge in [0.05, 0.1) is 6.61 Å². The average Bonchev–Trinajstić information content (AvgIpc) is 2.92. The molecule has 1 amide bonds. The summed E-state index contributed by atoms with van der Waals surface area (Å²) in [5.41, 5.74) is 1.77. The first-order chi connectivity index (χ1) is 9.13. The molecule has 0 heterocycles. The van der Waals surface area contributed by atoms with Gasteiger partial charge in [0.2, 0.25) is 0 Å². The van der Waals surface area contributed by atoms with Crippen LogP contribution in [-0.2, 0) is 0 Å². The third kappa shape index (κ3) is 3.37. The Hall–Kier alpha value is -0.870. The summed E-state index contributed by atoms with van der Waals surface area (Å²) >= 11 is 3.45. The lowest BCUT2D eigenvalue weighted by molar-refractivity contribution is 0.0638. The van der Waals surface area contributed by atoms with Gasteiger partial charge in [0.25, 0.3) is 5.91 Å². The molecular weight excluding hydrogens is 306 g/mol. The Morgan fingerprint density at radius 1 is 1.42 bits per heavy atom. The van der Waals surface area contributed by atoms with E-state index in [1.54, 1.807) is 0 Å². The van der Waals surface area contributed by atoms with E-state index >= 15 is 0 Å². The molecule has 0 bridgehead atoms. The maximum Gasteiger partial charge on any atom is 0.254 e. The maximum absolute atomic E-state index is 12.6. The molecule has 0 unspecified atom stereocenters. The highest BCUT2D eigenvalue weighted by molar-refractivity contribution is 9.10. The van der Waals surface area contributed by atoms with E-state index in [0.717, 1.165) is 22.9 Å². The lowest BCUT2D eigenvalue weighted by Gasteiger charge is -2.28. The van der Waals surface area contributed by atoms with Gasteiger partial charge in [-0.05, 0) is 43.5 Å². The first-order valence-electron chi connectivity index (χ1n) is 6.81. The number of aliphatic hydroxyl groups is 1. The standard InChI is InChI=1S/C15H20BrNO2/c1-11-10-12(6-7-14(11)16)15(19)17(8-9-18)13-4-2-3-5-13/h6-7,10,13,18H,2-5,8-9H2,1H3. The first-order valence-corrected chi connectivity index (χ1v) is 7.60. The number of benzene rings is 1. The van der Waals surface area contributed by atoms with Crippen molar-refractivity contribution in [2.75, 3.05) is 13.2 Å². The van der Waals surface area contributed by atoms with Crippen molar-refractivity contribution in [3.8, 4) is 0 Å². The normalized spacial score (nSPS) is 15.7. The summed E-state index contributed by atoms with van der Waals surface area (Å²) < 4.78 is 1.01. The second kappa shape index (κ2) is 6.53. The van der Waals surface area contributed by atoms with E-state index in [4.69, 9.17) is 0 Å². The summed E-state index contributed by atoms with van der Waals surface area (Å²) in [6.07, 6.45) is 4.47. The predicted molar refractivity (Wildman–Crippen MR) is 79.3 cm³/mol. The van der Waals surface area contributed by atoms with Crippen molar-refractivity contribution in [1.29, 1.82) is 0 Å². The Balaban J connectivity index is 2.20. The summed E-state index contributed by atoms with van der Waals surface area (Å²) in [7, 11) is 0. The van der Waals surface area contributed by atoms with Gasteiger partial charge in [-0.15, -0.1) is 0 Å². The van der Waals surface area contributed by atoms with Crippen molar-refractivity contribution in [3.63, 3.8) is 0 Å². The van der Waals surface area contributed by atoms with Crippen LogP contribution in [0, 0.1) is 6.92 Å². The van der Waals surface area contributed by atoms with Crippen molar-refractivity contribution >= 4 is 21.8 Å². The van der Waals surface area contributed by atoms with E-state index in [1.807, 2.05) is 30.0 Å². The second-order valence-corrected chi connectivity index (χ2v) is 5.98. The molecule has 1 N–H and O–H groups in total. The van der Waals surface area contributed by atoms with E-state index in [0.29, 0.717) is 18.2 Å². The van der Waals surface area contributed by atoms with Crippen LogP contribution in [-0.4, -0.2) is 35.1 Å². The van der Waals surface area contributed by atoms with Gasteiger partial charge in [0.15, 0.2) is 0 Å². The van der Waals surface area contributed by atoms with Crippen LogP contribution < -0.4 is 0 Å². The molecule has 1 saturated carbocycles. The molecule has 2 rings (SSSR count). The molecule has 1 aromatic rings. The van der Waals surface area contributed by atoms with Gasteiger partial charge >= 0.3 is 0 Å². The highest BCUT2D eigenvalue weighted by atomic mass is 79.9. The minimum absolute atomic E-state index is 0.0255. The number of amides is 1. The Bertz CT molecular complexity index is 455. The lowest BCUT2D eigenvalue weighted by Crippen LogP contribution is -2.40. The summed E-state index contributed by atoms with van der Waals surface area (Å²) in [5, 5.41) is 9.19. The molecule has 1 fully saturated rings. The molecule has 0 spiro atoms. The molecule has 0 aliphatic heterocycles. The number of carbonyl (C=O) groups excluding carboxylic acids is 1. The Morgan fingerprint density at radius 3 is 2.68 bits per heavy atom. The molecule has 19 heavy (non-hydrogen) atoms. The van der Waals surface area contributed by atoms with Gasteiger partial charge in [0, 0.05) is 22.6 Å². The molecule has 0 radical (unpaired) electrons. The smallest absolute Gasteiger partial charge is 0.254 e. The molecule has 0 atom stereocenters. The van der Waals surface area contributed by atoms with Crippen LogP contribution in [0.3, 0.4) is 0 Å². The average molecular weight is 326 g/mol. The fraction of sp³-hybridized carbons (Fsp3) is 0.533. The van der Waals surface area contributed by atoms with Gasteiger partial charge in [-0.1, -0.05) is 28.8 Å². The highest BCUT2D eigenvalue weighted by Gasteiger charge is 2.27. The van der Waals surface area contributed by atoms with E-state index < -0.39 is 0 Å². The number of aryl methyl sites for hydroxylation is 1. The van der Waals surface area contributed by atoms with Gasteiger partial charge < -0.3 is 10.0 Å². The Morgan fingerprint density at radius 2 is 2.11 bits per heavy atom. The van der Waals surface area contributed by atoms with Crippen LogP contribution >= 0.6 is 15.9 Å². The summed E-state index contributed by atoms with van der Waals surface area (Å²) in [6.45, 7) is 2.43. The van der Waals surface area contributed by atoms with Crippen LogP contribution in [0.2, 0.25) is 0 Å². The molecule has 4 heteroatoms.